The van der Waals surface area contributed by atoms with E-state index < -0.39 is 15.8 Å². The molecule has 0 bridgehead atoms. The summed E-state index contributed by atoms with van der Waals surface area (Å²) in [5, 5.41) is 0. The SMILES string of the molecule is COC(=O)COc1ccc(OCC=C(c2ccc(C#Cc3ccc4c(c3)C=C(C)S4(=O)=O)cc2)c2ccc(C(C)(C)C)cc2)cc1C. The Bertz CT molecular complexity index is 2030. The van der Waals surface area contributed by atoms with Gasteiger partial charge in [-0.2, -0.15) is 0 Å². The highest BCUT2D eigenvalue weighted by Gasteiger charge is 2.26. The van der Waals surface area contributed by atoms with E-state index in [-0.39, 0.29) is 12.0 Å². The molecule has 0 fully saturated rings. The molecule has 240 valence electrons. The Morgan fingerprint density at radius 3 is 2.09 bits per heavy atom. The van der Waals surface area contributed by atoms with Crippen molar-refractivity contribution >= 4 is 27.5 Å². The van der Waals surface area contributed by atoms with Crippen LogP contribution in [0.25, 0.3) is 11.6 Å². The molecule has 7 heteroatoms. The quantitative estimate of drug-likeness (QED) is 0.143. The van der Waals surface area contributed by atoms with E-state index in [0.29, 0.717) is 33.5 Å². The average molecular weight is 647 g/mol. The number of rotatable bonds is 8. The zero-order chi connectivity index (χ0) is 33.8. The zero-order valence-corrected chi connectivity index (χ0v) is 28.3. The largest absolute Gasteiger partial charge is 0.489 e. The van der Waals surface area contributed by atoms with Gasteiger partial charge in [-0.3, -0.25) is 0 Å². The predicted octanol–water partition coefficient (Wildman–Crippen LogP) is 7.90. The van der Waals surface area contributed by atoms with Crippen LogP contribution in [0.4, 0.5) is 0 Å². The molecule has 1 heterocycles. The highest BCUT2D eigenvalue weighted by molar-refractivity contribution is 7.95. The number of hydrogen-bond donors (Lipinski definition) is 0. The van der Waals surface area contributed by atoms with E-state index in [1.807, 2.05) is 49.4 Å². The van der Waals surface area contributed by atoms with Crippen LogP contribution >= 0.6 is 0 Å². The number of fused-ring (bicyclic) bond motifs is 1. The number of hydrogen-bond acceptors (Lipinski definition) is 6. The fourth-order valence-corrected chi connectivity index (χ4v) is 6.48. The second-order valence-electron chi connectivity index (χ2n) is 12.4. The van der Waals surface area contributed by atoms with E-state index in [2.05, 4.69) is 67.7 Å². The van der Waals surface area contributed by atoms with Crippen LogP contribution in [-0.4, -0.2) is 34.7 Å². The van der Waals surface area contributed by atoms with Crippen LogP contribution in [0.2, 0.25) is 0 Å². The maximum absolute atomic E-state index is 12.4. The van der Waals surface area contributed by atoms with E-state index in [9.17, 15) is 13.2 Å². The number of ether oxygens (including phenoxy) is 3. The summed E-state index contributed by atoms with van der Waals surface area (Å²) in [6.45, 7) is 10.3. The Labute approximate surface area is 277 Å². The summed E-state index contributed by atoms with van der Waals surface area (Å²) in [5.74, 6) is 7.22. The van der Waals surface area contributed by atoms with E-state index in [0.717, 1.165) is 33.4 Å². The van der Waals surface area contributed by atoms with Crippen molar-refractivity contribution in [2.45, 2.75) is 44.9 Å². The predicted molar refractivity (Wildman–Crippen MR) is 186 cm³/mol. The molecule has 1 aliphatic heterocycles. The summed E-state index contributed by atoms with van der Waals surface area (Å²) < 4.78 is 41.1. The molecule has 0 unspecified atom stereocenters. The van der Waals surface area contributed by atoms with Gasteiger partial charge in [0.15, 0.2) is 6.61 Å². The van der Waals surface area contributed by atoms with Crippen LogP contribution in [0.3, 0.4) is 0 Å². The molecular formula is C40H38O6S. The van der Waals surface area contributed by atoms with E-state index in [4.69, 9.17) is 9.47 Å². The Hall–Kier alpha value is -5.06. The summed E-state index contributed by atoms with van der Waals surface area (Å²) in [6.07, 6.45) is 3.76. The van der Waals surface area contributed by atoms with Crippen LogP contribution in [0.5, 0.6) is 11.5 Å². The maximum Gasteiger partial charge on any atom is 0.343 e. The summed E-state index contributed by atoms with van der Waals surface area (Å²) in [6, 6.07) is 27.3. The van der Waals surface area contributed by atoms with Gasteiger partial charge >= 0.3 is 5.97 Å². The van der Waals surface area contributed by atoms with Gasteiger partial charge in [0.05, 0.1) is 12.0 Å². The molecule has 0 saturated carbocycles. The first kappa shape index (κ1) is 33.3. The number of allylic oxidation sites excluding steroid dienone is 1. The Morgan fingerprint density at radius 2 is 1.45 bits per heavy atom. The molecule has 0 aliphatic carbocycles. The lowest BCUT2D eigenvalue weighted by molar-refractivity contribution is -0.142. The number of carbonyl (C=O) groups excluding carboxylic acids is 1. The Balaban J connectivity index is 1.36. The molecule has 0 aromatic heterocycles. The summed E-state index contributed by atoms with van der Waals surface area (Å²) in [7, 11) is -2.04. The Morgan fingerprint density at radius 1 is 0.809 bits per heavy atom. The van der Waals surface area contributed by atoms with Gasteiger partial charge in [0.2, 0.25) is 9.84 Å². The lowest BCUT2D eigenvalue weighted by Crippen LogP contribution is -2.13. The van der Waals surface area contributed by atoms with E-state index >= 15 is 0 Å². The molecule has 0 amide bonds. The molecule has 0 atom stereocenters. The molecule has 6 nitrogen and oxygen atoms in total. The molecule has 47 heavy (non-hydrogen) atoms. The average Bonchev–Trinajstić information content (AvgIpc) is 3.28. The van der Waals surface area contributed by atoms with Gasteiger partial charge < -0.3 is 14.2 Å². The van der Waals surface area contributed by atoms with Crippen molar-refractivity contribution in [2.24, 2.45) is 0 Å². The number of carbonyl (C=O) groups is 1. The van der Waals surface area contributed by atoms with Crippen molar-refractivity contribution in [3.8, 4) is 23.3 Å². The monoisotopic (exact) mass is 646 g/mol. The van der Waals surface area contributed by atoms with Crippen LogP contribution in [-0.2, 0) is 24.8 Å². The third-order valence-corrected chi connectivity index (χ3v) is 9.86. The van der Waals surface area contributed by atoms with E-state index in [1.54, 1.807) is 31.2 Å². The van der Waals surface area contributed by atoms with Crippen LogP contribution < -0.4 is 9.47 Å². The summed E-state index contributed by atoms with van der Waals surface area (Å²) in [5.41, 5.74) is 7.54. The molecule has 5 rings (SSSR count). The standard InChI is InChI=1S/C40H38O6S/c1-27-23-35(18-19-37(27)46-26-39(41)44-6)45-22-21-36(32-14-16-34(17-15-32)40(3,4)5)31-12-9-29(10-13-31)7-8-30-11-20-38-33(25-30)24-28(2)47(38,42)43/h9-21,23-25H,22,26H2,1-6H3. The third-order valence-electron chi connectivity index (χ3n) is 7.95. The number of methoxy groups -OCH3 is 1. The van der Waals surface area contributed by atoms with Gasteiger partial charge in [0.1, 0.15) is 18.1 Å². The van der Waals surface area contributed by atoms with Gasteiger partial charge in [-0.05, 0) is 113 Å². The molecule has 0 spiro atoms. The smallest absolute Gasteiger partial charge is 0.343 e. The normalized spacial score (nSPS) is 13.6. The van der Waals surface area contributed by atoms with Crippen molar-refractivity contribution in [1.29, 1.82) is 0 Å². The molecule has 0 N–H and O–H groups in total. The van der Waals surface area contributed by atoms with Gasteiger partial charge in [-0.25, -0.2) is 13.2 Å². The minimum Gasteiger partial charge on any atom is -0.489 e. The summed E-state index contributed by atoms with van der Waals surface area (Å²) in [4.78, 5) is 12.1. The van der Waals surface area contributed by atoms with Gasteiger partial charge in [0, 0.05) is 16.0 Å². The Kier molecular flexibility index (Phi) is 9.74. The zero-order valence-electron chi connectivity index (χ0n) is 27.5. The molecule has 4 aromatic carbocycles. The number of benzene rings is 4. The number of aryl methyl sites for hydroxylation is 1. The fraction of sp³-hybridized carbons (Fsp3) is 0.225. The van der Waals surface area contributed by atoms with Gasteiger partial charge in [0.25, 0.3) is 0 Å². The minimum absolute atomic E-state index is 0.0403. The molecule has 1 aliphatic rings. The molecule has 0 saturated heterocycles. The number of sulfone groups is 1. The van der Waals surface area contributed by atoms with Crippen molar-refractivity contribution in [1.82, 2.24) is 0 Å². The third kappa shape index (κ3) is 7.85. The summed E-state index contributed by atoms with van der Waals surface area (Å²) >= 11 is 0. The second-order valence-corrected chi connectivity index (χ2v) is 14.5. The fourth-order valence-electron chi connectivity index (χ4n) is 5.17. The topological polar surface area (TPSA) is 78.9 Å². The first-order valence-corrected chi connectivity index (χ1v) is 16.8. The van der Waals surface area contributed by atoms with Gasteiger partial charge in [-0.1, -0.05) is 69.0 Å². The van der Waals surface area contributed by atoms with Gasteiger partial charge in [-0.15, -0.1) is 0 Å². The first-order valence-electron chi connectivity index (χ1n) is 15.3. The number of esters is 1. The van der Waals surface area contributed by atoms with Crippen LogP contribution in [0.1, 0.15) is 66.6 Å². The van der Waals surface area contributed by atoms with Crippen molar-refractivity contribution in [3.63, 3.8) is 0 Å². The second kappa shape index (κ2) is 13.7. The van der Waals surface area contributed by atoms with Crippen molar-refractivity contribution < 1.29 is 27.4 Å². The highest BCUT2D eigenvalue weighted by atomic mass is 32.2. The minimum atomic E-state index is -3.37. The molecule has 4 aromatic rings. The first-order chi connectivity index (χ1) is 22.3. The van der Waals surface area contributed by atoms with Crippen LogP contribution in [0, 0.1) is 18.8 Å². The molecular weight excluding hydrogens is 609 g/mol. The molecule has 0 radical (unpaired) electrons. The lowest BCUT2D eigenvalue weighted by atomic mass is 9.85. The van der Waals surface area contributed by atoms with Crippen molar-refractivity contribution in [3.05, 3.63) is 135 Å². The lowest BCUT2D eigenvalue weighted by Gasteiger charge is -2.19. The maximum atomic E-state index is 12.4. The highest BCUT2D eigenvalue weighted by Crippen LogP contribution is 2.33. The van der Waals surface area contributed by atoms with Crippen LogP contribution in [0.15, 0.2) is 101 Å². The van der Waals surface area contributed by atoms with E-state index in [1.165, 1.54) is 12.7 Å². The van der Waals surface area contributed by atoms with Crippen molar-refractivity contribution in [2.75, 3.05) is 20.3 Å².